The number of aromatic amines is 1. The fourth-order valence-electron chi connectivity index (χ4n) is 7.93. The van der Waals surface area contributed by atoms with Crippen LogP contribution in [0.3, 0.4) is 0 Å². The van der Waals surface area contributed by atoms with E-state index in [1.165, 1.54) is 0 Å². The molecule has 1 aromatic rings. The first-order valence-corrected chi connectivity index (χ1v) is 12.3. The van der Waals surface area contributed by atoms with Gasteiger partial charge < -0.3 is 20.1 Å². The van der Waals surface area contributed by atoms with Crippen LogP contribution in [0.15, 0.2) is 34.8 Å². The molecule has 1 aromatic heterocycles. The van der Waals surface area contributed by atoms with Gasteiger partial charge in [0, 0.05) is 43.2 Å². The first kappa shape index (κ1) is 21.2. The molecule has 33 heavy (non-hydrogen) atoms. The molecule has 2 aliphatic heterocycles. The molecule has 6 atom stereocenters. The number of hydrogen-bond acceptors (Lipinski definition) is 5. The van der Waals surface area contributed by atoms with E-state index in [0.717, 1.165) is 37.1 Å². The Morgan fingerprint density at radius 2 is 2.00 bits per heavy atom. The maximum Gasteiger partial charge on any atom is 0.261 e. The number of carbonyl (C=O) groups is 1. The molecule has 1 amide bonds. The summed E-state index contributed by atoms with van der Waals surface area (Å²) in [5, 5.41) is 22.8. The highest BCUT2D eigenvalue weighted by atomic mass is 16.3. The number of nitrogens with zero attached hydrogens (tertiary/aromatic N) is 2. The first-order chi connectivity index (χ1) is 15.7. The zero-order valence-electron chi connectivity index (χ0n) is 19.4. The summed E-state index contributed by atoms with van der Waals surface area (Å²) in [5.74, 6) is 0.562. The molecule has 6 rings (SSSR count). The Kier molecular flexibility index (Phi) is 4.53. The van der Waals surface area contributed by atoms with Crippen LogP contribution in [0.1, 0.15) is 47.8 Å². The van der Waals surface area contributed by atoms with E-state index in [0.29, 0.717) is 31.8 Å². The SMILES string of the molecule is CC1C=CC(O)=CC1[C@@]12Cc3[nH]c(=O)c(C(=O)N4CCCC4)cc3C[C@@]1(O)[C@H]1C(CN1C)C2. The topological polar surface area (TPSA) is 96.9 Å². The fraction of sp³-hybridized carbons (Fsp3) is 0.615. The predicted octanol–water partition coefficient (Wildman–Crippen LogP) is 2.02. The molecule has 0 radical (unpaired) electrons. The highest BCUT2D eigenvalue weighted by Gasteiger charge is 2.71. The van der Waals surface area contributed by atoms with E-state index in [2.05, 4.69) is 23.9 Å². The number of likely N-dealkylation sites (tertiary alicyclic amines) is 2. The fourth-order valence-corrected chi connectivity index (χ4v) is 7.93. The zero-order valence-corrected chi connectivity index (χ0v) is 19.4. The molecule has 3 heterocycles. The van der Waals surface area contributed by atoms with Crippen molar-refractivity contribution in [2.24, 2.45) is 23.2 Å². The highest BCUT2D eigenvalue weighted by molar-refractivity contribution is 5.94. The van der Waals surface area contributed by atoms with Gasteiger partial charge in [-0.05, 0) is 74.3 Å². The number of nitrogens with one attached hydrogen (secondary N) is 1. The Morgan fingerprint density at radius 1 is 1.24 bits per heavy atom. The highest BCUT2D eigenvalue weighted by Crippen LogP contribution is 2.65. The minimum atomic E-state index is -0.995. The number of pyridine rings is 1. The van der Waals surface area contributed by atoms with E-state index < -0.39 is 11.0 Å². The molecule has 1 saturated carbocycles. The molecule has 7 heteroatoms. The molecule has 3 unspecified atom stereocenters. The van der Waals surface area contributed by atoms with E-state index in [4.69, 9.17) is 0 Å². The monoisotopic (exact) mass is 451 g/mol. The van der Waals surface area contributed by atoms with Gasteiger partial charge in [0.2, 0.25) is 0 Å². The van der Waals surface area contributed by atoms with E-state index in [1.54, 1.807) is 17.0 Å². The van der Waals surface area contributed by atoms with E-state index in [9.17, 15) is 19.8 Å². The predicted molar refractivity (Wildman–Crippen MR) is 124 cm³/mol. The summed E-state index contributed by atoms with van der Waals surface area (Å²) in [4.78, 5) is 33.1. The number of aliphatic hydroxyl groups is 2. The number of H-pyrrole nitrogens is 1. The summed E-state index contributed by atoms with van der Waals surface area (Å²) in [6.07, 6.45) is 9.43. The van der Waals surface area contributed by atoms with Crippen LogP contribution in [0.5, 0.6) is 0 Å². The molecular weight excluding hydrogens is 418 g/mol. The summed E-state index contributed by atoms with van der Waals surface area (Å²) in [5.41, 5.74) is 0.0885. The van der Waals surface area contributed by atoms with Crippen LogP contribution in [0, 0.1) is 23.2 Å². The lowest BCUT2D eigenvalue weighted by atomic mass is 9.54. The molecule has 2 saturated heterocycles. The van der Waals surface area contributed by atoms with Crippen molar-refractivity contribution < 1.29 is 15.0 Å². The van der Waals surface area contributed by atoms with Crippen LogP contribution in [-0.2, 0) is 12.8 Å². The summed E-state index contributed by atoms with van der Waals surface area (Å²) >= 11 is 0. The third-order valence-corrected chi connectivity index (χ3v) is 9.34. The van der Waals surface area contributed by atoms with Crippen LogP contribution >= 0.6 is 0 Å². The van der Waals surface area contributed by atoms with Gasteiger partial charge in [-0.1, -0.05) is 13.0 Å². The Bertz CT molecular complexity index is 1130. The van der Waals surface area contributed by atoms with Gasteiger partial charge in [0.15, 0.2) is 0 Å². The smallest absolute Gasteiger partial charge is 0.261 e. The van der Waals surface area contributed by atoms with Gasteiger partial charge in [-0.15, -0.1) is 0 Å². The van der Waals surface area contributed by atoms with Crippen LogP contribution in [0.4, 0.5) is 0 Å². The molecule has 0 spiro atoms. The van der Waals surface area contributed by atoms with E-state index in [1.807, 2.05) is 12.2 Å². The number of carbonyl (C=O) groups excluding carboxylic acids is 1. The summed E-state index contributed by atoms with van der Waals surface area (Å²) < 4.78 is 0. The average Bonchev–Trinajstić information content (AvgIpc) is 3.35. The van der Waals surface area contributed by atoms with Gasteiger partial charge in [-0.25, -0.2) is 0 Å². The number of aliphatic hydroxyl groups excluding tert-OH is 1. The second kappa shape index (κ2) is 7.06. The normalized spacial score (nSPS) is 39.5. The third-order valence-electron chi connectivity index (χ3n) is 9.34. The zero-order chi connectivity index (χ0) is 23.1. The molecule has 0 aromatic carbocycles. The summed E-state index contributed by atoms with van der Waals surface area (Å²) in [6.45, 7) is 4.48. The van der Waals surface area contributed by atoms with Gasteiger partial charge in [0.25, 0.3) is 11.5 Å². The molecule has 3 aliphatic carbocycles. The average molecular weight is 452 g/mol. The van der Waals surface area contributed by atoms with Crippen molar-refractivity contribution in [3.8, 4) is 0 Å². The van der Waals surface area contributed by atoms with Crippen LogP contribution in [-0.4, -0.2) is 69.2 Å². The van der Waals surface area contributed by atoms with Gasteiger partial charge in [-0.2, -0.15) is 0 Å². The quantitative estimate of drug-likeness (QED) is 0.639. The van der Waals surface area contributed by atoms with Crippen molar-refractivity contribution in [1.82, 2.24) is 14.8 Å². The second-order valence-electron chi connectivity index (χ2n) is 11.1. The molecule has 3 fully saturated rings. The molecular formula is C26H33N3O4. The minimum absolute atomic E-state index is 0.0333. The Balaban J connectivity index is 1.46. The first-order valence-electron chi connectivity index (χ1n) is 12.3. The molecule has 0 bridgehead atoms. The number of amides is 1. The Hall–Kier alpha value is -2.38. The number of likely N-dealkylation sites (N-methyl/N-ethyl adjacent to an activating group) is 1. The Morgan fingerprint density at radius 3 is 2.73 bits per heavy atom. The standard InChI is InChI=1S/C26H33N3O4/c1-15-5-6-18(30)10-20(15)25-11-17-14-28(2)22(17)26(25,33)12-16-9-19(23(31)27-21(16)13-25)24(32)29-7-3-4-8-29/h5-6,9-10,15,17,20,22,30,33H,3-4,7-8,11-14H2,1-2H3,(H,27,31)/t15?,17?,20?,22-,25-,26-/m1/s1. The van der Waals surface area contributed by atoms with Crippen molar-refractivity contribution in [1.29, 1.82) is 0 Å². The minimum Gasteiger partial charge on any atom is -0.508 e. The van der Waals surface area contributed by atoms with Crippen LogP contribution in [0.25, 0.3) is 0 Å². The maximum atomic E-state index is 13.0. The third kappa shape index (κ3) is 2.81. The van der Waals surface area contributed by atoms with Gasteiger partial charge in [0.1, 0.15) is 11.3 Å². The molecule has 7 nitrogen and oxygen atoms in total. The van der Waals surface area contributed by atoms with Crippen LogP contribution in [0.2, 0.25) is 0 Å². The summed E-state index contributed by atoms with van der Waals surface area (Å²) in [7, 11) is 2.07. The second-order valence-corrected chi connectivity index (χ2v) is 11.1. The number of fused-ring (bicyclic) bond motifs is 4. The lowest BCUT2D eigenvalue weighted by Crippen LogP contribution is -2.67. The van der Waals surface area contributed by atoms with Gasteiger partial charge >= 0.3 is 0 Å². The van der Waals surface area contributed by atoms with E-state index >= 15 is 0 Å². The Labute approximate surface area is 193 Å². The molecule has 3 N–H and O–H groups in total. The van der Waals surface area contributed by atoms with Crippen molar-refractivity contribution in [2.45, 2.75) is 50.7 Å². The van der Waals surface area contributed by atoms with Crippen molar-refractivity contribution in [3.63, 3.8) is 0 Å². The number of hydrogen-bond donors (Lipinski definition) is 3. The van der Waals surface area contributed by atoms with Crippen molar-refractivity contribution >= 4 is 5.91 Å². The van der Waals surface area contributed by atoms with E-state index in [-0.39, 0.29) is 40.7 Å². The van der Waals surface area contributed by atoms with Crippen molar-refractivity contribution in [3.05, 3.63) is 57.2 Å². The summed E-state index contributed by atoms with van der Waals surface area (Å²) in [6, 6.07) is 1.80. The van der Waals surface area contributed by atoms with Gasteiger partial charge in [0.05, 0.1) is 5.60 Å². The number of aromatic nitrogens is 1. The molecule has 5 aliphatic rings. The number of rotatable bonds is 2. The van der Waals surface area contributed by atoms with Crippen molar-refractivity contribution in [2.75, 3.05) is 26.7 Å². The maximum absolute atomic E-state index is 13.0. The lowest BCUT2D eigenvalue weighted by Gasteiger charge is -2.56. The number of allylic oxidation sites excluding steroid dienone is 3. The lowest BCUT2D eigenvalue weighted by molar-refractivity contribution is -0.146. The van der Waals surface area contributed by atoms with Crippen LogP contribution < -0.4 is 5.56 Å². The van der Waals surface area contributed by atoms with Gasteiger partial charge in [-0.3, -0.25) is 14.5 Å². The molecule has 176 valence electrons. The largest absolute Gasteiger partial charge is 0.508 e.